The summed E-state index contributed by atoms with van der Waals surface area (Å²) >= 11 is 0. The Bertz CT molecular complexity index is 1160. The van der Waals surface area contributed by atoms with Crippen LogP contribution in [-0.2, 0) is 11.1 Å². The second kappa shape index (κ2) is 6.36. The molecule has 4 aromatic rings. The Morgan fingerprint density at radius 2 is 0.667 bits per heavy atom. The van der Waals surface area contributed by atoms with Crippen molar-refractivity contribution in [3.63, 3.8) is 0 Å². The van der Waals surface area contributed by atoms with Crippen LogP contribution in [0.4, 0.5) is 0 Å². The first-order valence-corrected chi connectivity index (χ1v) is 10.3. The highest BCUT2D eigenvalue weighted by molar-refractivity contribution is 6.29. The third-order valence-corrected chi connectivity index (χ3v) is 6.15. The summed E-state index contributed by atoms with van der Waals surface area (Å²) in [5, 5.41) is 0. The lowest BCUT2D eigenvalue weighted by Gasteiger charge is -2.28. The molecule has 2 heterocycles. The molecule has 30 heavy (non-hydrogen) atoms. The highest BCUT2D eigenvalue weighted by Crippen LogP contribution is 2.63. The SMILES string of the molecule is c1ccc(C2=N[C@]2(c2ccccc2)[C@@]2(c3ccccc3)N=C2c2ccccc2)cc1. The van der Waals surface area contributed by atoms with Crippen molar-refractivity contribution >= 4 is 11.4 Å². The minimum atomic E-state index is -0.512. The summed E-state index contributed by atoms with van der Waals surface area (Å²) in [6.07, 6.45) is 0. The second-order valence-electron chi connectivity index (χ2n) is 7.81. The molecule has 0 spiro atoms. The van der Waals surface area contributed by atoms with Gasteiger partial charge < -0.3 is 0 Å². The van der Waals surface area contributed by atoms with Crippen LogP contribution in [0.1, 0.15) is 22.3 Å². The highest BCUT2D eigenvalue weighted by Gasteiger charge is 2.73. The zero-order valence-electron chi connectivity index (χ0n) is 16.4. The van der Waals surface area contributed by atoms with Crippen molar-refractivity contribution in [3.8, 4) is 0 Å². The topological polar surface area (TPSA) is 24.7 Å². The fraction of sp³-hybridized carbons (Fsp3) is 0.0714. The first-order valence-electron chi connectivity index (χ1n) is 10.3. The molecule has 2 nitrogen and oxygen atoms in total. The number of benzene rings is 4. The number of aliphatic imine (C=N–C) groups is 2. The summed E-state index contributed by atoms with van der Waals surface area (Å²) in [5.41, 5.74) is 5.87. The lowest BCUT2D eigenvalue weighted by Crippen LogP contribution is -2.38. The monoisotopic (exact) mass is 384 g/mol. The molecule has 0 radical (unpaired) electrons. The summed E-state index contributed by atoms with van der Waals surface area (Å²) in [4.78, 5) is 10.4. The van der Waals surface area contributed by atoms with E-state index in [0.717, 1.165) is 22.6 Å². The van der Waals surface area contributed by atoms with Gasteiger partial charge in [-0.05, 0) is 22.3 Å². The zero-order chi connectivity index (χ0) is 20.0. The van der Waals surface area contributed by atoms with Gasteiger partial charge in [0.25, 0.3) is 0 Å². The van der Waals surface area contributed by atoms with E-state index in [1.165, 1.54) is 11.1 Å². The summed E-state index contributed by atoms with van der Waals surface area (Å²) in [6, 6.07) is 42.2. The van der Waals surface area contributed by atoms with Gasteiger partial charge in [0.05, 0.1) is 11.4 Å². The summed E-state index contributed by atoms with van der Waals surface area (Å²) in [5.74, 6) is 0. The van der Waals surface area contributed by atoms with Gasteiger partial charge in [-0.3, -0.25) is 9.98 Å². The predicted octanol–water partition coefficient (Wildman–Crippen LogP) is 5.78. The molecule has 0 N–H and O–H groups in total. The van der Waals surface area contributed by atoms with E-state index in [-0.39, 0.29) is 0 Å². The molecule has 0 bridgehead atoms. The maximum absolute atomic E-state index is 5.22. The maximum Gasteiger partial charge on any atom is 0.163 e. The van der Waals surface area contributed by atoms with E-state index in [1.54, 1.807) is 0 Å². The van der Waals surface area contributed by atoms with E-state index in [1.807, 2.05) is 12.1 Å². The molecule has 2 aliphatic heterocycles. The minimum absolute atomic E-state index is 0.512. The van der Waals surface area contributed by atoms with Gasteiger partial charge in [-0.1, -0.05) is 121 Å². The average Bonchev–Trinajstić information content (AvgIpc) is 3.75. The van der Waals surface area contributed by atoms with Crippen molar-refractivity contribution in [2.75, 3.05) is 0 Å². The Kier molecular flexibility index (Phi) is 3.63. The van der Waals surface area contributed by atoms with Crippen LogP contribution in [0, 0.1) is 0 Å². The van der Waals surface area contributed by atoms with Crippen LogP contribution in [0.25, 0.3) is 0 Å². The Morgan fingerprint density at radius 3 is 1.00 bits per heavy atom. The van der Waals surface area contributed by atoms with Gasteiger partial charge in [0.2, 0.25) is 0 Å². The number of hydrogen-bond donors (Lipinski definition) is 0. The van der Waals surface area contributed by atoms with E-state index in [4.69, 9.17) is 9.98 Å². The first kappa shape index (κ1) is 17.1. The van der Waals surface area contributed by atoms with Crippen molar-refractivity contribution in [1.82, 2.24) is 0 Å². The second-order valence-corrected chi connectivity index (χ2v) is 7.81. The van der Waals surface area contributed by atoms with Crippen LogP contribution in [0.3, 0.4) is 0 Å². The molecule has 0 saturated carbocycles. The summed E-state index contributed by atoms with van der Waals surface area (Å²) < 4.78 is 0. The van der Waals surface area contributed by atoms with E-state index in [2.05, 4.69) is 109 Å². The summed E-state index contributed by atoms with van der Waals surface area (Å²) in [7, 11) is 0. The molecule has 2 aliphatic rings. The Balaban J connectivity index is 1.56. The van der Waals surface area contributed by atoms with Crippen molar-refractivity contribution in [3.05, 3.63) is 144 Å². The van der Waals surface area contributed by atoms with E-state index in [9.17, 15) is 0 Å². The fourth-order valence-corrected chi connectivity index (χ4v) is 4.70. The lowest BCUT2D eigenvalue weighted by atomic mass is 9.71. The van der Waals surface area contributed by atoms with Gasteiger partial charge in [0, 0.05) is 0 Å². The van der Waals surface area contributed by atoms with Gasteiger partial charge in [-0.15, -0.1) is 0 Å². The van der Waals surface area contributed by atoms with Crippen LogP contribution in [0.15, 0.2) is 131 Å². The van der Waals surface area contributed by atoms with Gasteiger partial charge in [0.1, 0.15) is 0 Å². The first-order chi connectivity index (χ1) is 14.9. The normalized spacial score (nSPS) is 24.0. The van der Waals surface area contributed by atoms with Gasteiger partial charge in [-0.2, -0.15) is 0 Å². The molecule has 6 rings (SSSR count). The fourth-order valence-electron chi connectivity index (χ4n) is 4.70. The van der Waals surface area contributed by atoms with Gasteiger partial charge in [-0.25, -0.2) is 0 Å². The molecule has 142 valence electrons. The Hall–Kier alpha value is -3.78. The number of hydrogen-bond acceptors (Lipinski definition) is 2. The molecule has 0 fully saturated rings. The molecule has 4 aromatic carbocycles. The van der Waals surface area contributed by atoms with Crippen molar-refractivity contribution in [2.45, 2.75) is 11.1 Å². The molecule has 2 atom stereocenters. The highest BCUT2D eigenvalue weighted by atomic mass is 15.2. The average molecular weight is 384 g/mol. The smallest absolute Gasteiger partial charge is 0.163 e. The minimum Gasteiger partial charge on any atom is -0.265 e. The molecule has 0 saturated heterocycles. The van der Waals surface area contributed by atoms with Crippen LogP contribution < -0.4 is 0 Å². The van der Waals surface area contributed by atoms with Crippen molar-refractivity contribution in [1.29, 1.82) is 0 Å². The Morgan fingerprint density at radius 1 is 0.367 bits per heavy atom. The molecule has 0 aliphatic carbocycles. The lowest BCUT2D eigenvalue weighted by molar-refractivity contribution is 0.537. The van der Waals surface area contributed by atoms with Crippen molar-refractivity contribution < 1.29 is 0 Å². The van der Waals surface area contributed by atoms with Crippen LogP contribution in [0.5, 0.6) is 0 Å². The zero-order valence-corrected chi connectivity index (χ0v) is 16.4. The molecule has 0 amide bonds. The molecule has 0 aromatic heterocycles. The third kappa shape index (κ3) is 2.31. The standard InChI is InChI=1S/C28H20N2/c1-5-13-21(14-6-1)25-27(29-25,23-17-9-3-10-18-23)28(24-19-11-4-12-20-24)26(30-28)22-15-7-2-8-16-22/h1-20H/t27-,28-/m0/s1. The van der Waals surface area contributed by atoms with Crippen LogP contribution >= 0.6 is 0 Å². The van der Waals surface area contributed by atoms with E-state index < -0.39 is 11.1 Å². The van der Waals surface area contributed by atoms with Gasteiger partial charge >= 0.3 is 0 Å². The predicted molar refractivity (Wildman–Crippen MR) is 122 cm³/mol. The quantitative estimate of drug-likeness (QED) is 0.416. The van der Waals surface area contributed by atoms with E-state index in [0.29, 0.717) is 0 Å². The van der Waals surface area contributed by atoms with Gasteiger partial charge in [0.15, 0.2) is 11.1 Å². The summed E-state index contributed by atoms with van der Waals surface area (Å²) in [6.45, 7) is 0. The molecule has 2 heteroatoms. The van der Waals surface area contributed by atoms with Crippen LogP contribution in [0.2, 0.25) is 0 Å². The van der Waals surface area contributed by atoms with Crippen LogP contribution in [-0.4, -0.2) is 11.4 Å². The largest absolute Gasteiger partial charge is 0.265 e. The maximum atomic E-state index is 5.22. The molecule has 0 unspecified atom stereocenters. The molecular formula is C28H20N2. The molecular weight excluding hydrogens is 364 g/mol. The number of rotatable bonds is 5. The van der Waals surface area contributed by atoms with E-state index >= 15 is 0 Å². The number of nitrogens with zero attached hydrogens (tertiary/aromatic N) is 2. The van der Waals surface area contributed by atoms with Crippen molar-refractivity contribution in [2.24, 2.45) is 9.98 Å². The third-order valence-electron chi connectivity index (χ3n) is 6.15. The Labute approximate surface area is 176 Å².